The third kappa shape index (κ3) is 5.41. The highest BCUT2D eigenvalue weighted by molar-refractivity contribution is 7.98. The Kier molecular flexibility index (Phi) is 7.56. The summed E-state index contributed by atoms with van der Waals surface area (Å²) in [5, 5.41) is 10.0. The number of nitrogens with one attached hydrogen (secondary N) is 2. The molecule has 1 atom stereocenters. The first-order valence-corrected chi connectivity index (χ1v) is 13.5. The average molecular weight is 498 g/mol. The van der Waals surface area contributed by atoms with E-state index in [2.05, 4.69) is 89.1 Å². The highest BCUT2D eigenvalue weighted by Crippen LogP contribution is 2.37. The molecular formula is C30H31N3O2S. The van der Waals surface area contributed by atoms with Gasteiger partial charge in [-0.25, -0.2) is 5.48 Å². The van der Waals surface area contributed by atoms with Crippen LogP contribution in [-0.2, 0) is 24.2 Å². The molecule has 0 radical (unpaired) electrons. The first-order chi connectivity index (χ1) is 17.6. The van der Waals surface area contributed by atoms with Gasteiger partial charge in [0.15, 0.2) is 0 Å². The normalized spacial score (nSPS) is 15.1. The minimum atomic E-state index is -0.524. The second-order valence-corrected chi connectivity index (χ2v) is 10.1. The van der Waals surface area contributed by atoms with Crippen molar-refractivity contribution >= 4 is 34.6 Å². The Balaban J connectivity index is 1.39. The van der Waals surface area contributed by atoms with Crippen LogP contribution >= 0.6 is 11.8 Å². The van der Waals surface area contributed by atoms with E-state index in [9.17, 15) is 4.79 Å². The number of benzene rings is 3. The van der Waals surface area contributed by atoms with Crippen molar-refractivity contribution in [2.45, 2.75) is 36.7 Å². The van der Waals surface area contributed by atoms with E-state index < -0.39 is 5.91 Å². The van der Waals surface area contributed by atoms with Crippen molar-refractivity contribution in [2.75, 3.05) is 12.8 Å². The van der Waals surface area contributed by atoms with Crippen LogP contribution in [0.4, 0.5) is 0 Å². The molecule has 1 aromatic heterocycles. The summed E-state index contributed by atoms with van der Waals surface area (Å²) >= 11 is 1.77. The molecule has 1 unspecified atom stereocenters. The number of thioether (sulfide) groups is 1. The molecule has 0 saturated carbocycles. The van der Waals surface area contributed by atoms with Gasteiger partial charge in [-0.05, 0) is 77.6 Å². The van der Waals surface area contributed by atoms with Gasteiger partial charge in [-0.1, -0.05) is 48.5 Å². The second-order valence-electron chi connectivity index (χ2n) is 9.25. The van der Waals surface area contributed by atoms with Crippen molar-refractivity contribution in [3.63, 3.8) is 0 Å². The van der Waals surface area contributed by atoms with Crippen molar-refractivity contribution < 1.29 is 10.0 Å². The lowest BCUT2D eigenvalue weighted by molar-refractivity contribution is -0.124. The van der Waals surface area contributed by atoms with Crippen LogP contribution in [0.3, 0.4) is 0 Å². The van der Waals surface area contributed by atoms with Gasteiger partial charge in [0.2, 0.25) is 0 Å². The molecular weight excluding hydrogens is 466 g/mol. The lowest BCUT2D eigenvalue weighted by Crippen LogP contribution is -2.29. The predicted molar refractivity (Wildman–Crippen MR) is 147 cm³/mol. The van der Waals surface area contributed by atoms with E-state index >= 15 is 0 Å². The monoisotopic (exact) mass is 497 g/mol. The molecule has 5 nitrogen and oxygen atoms in total. The minimum Gasteiger partial charge on any atom is -0.361 e. The molecule has 1 aliphatic rings. The van der Waals surface area contributed by atoms with Gasteiger partial charge in [0, 0.05) is 47.2 Å². The topological polar surface area (TPSA) is 68.4 Å². The SMILES string of the molecule is CSc1ccc(CN(CCc2c[nH]c3ccccc23)C2CCc3cc(/C=C/C(=O)NO)ccc32)cc1. The number of para-hydroxylation sites is 1. The number of carbonyl (C=O) groups excluding carboxylic acids is 1. The number of aryl methyl sites for hydroxylation is 1. The van der Waals surface area contributed by atoms with E-state index in [1.54, 1.807) is 23.3 Å². The van der Waals surface area contributed by atoms with E-state index in [1.807, 2.05) is 0 Å². The molecule has 1 amide bonds. The highest BCUT2D eigenvalue weighted by atomic mass is 32.2. The van der Waals surface area contributed by atoms with Crippen LogP contribution in [0.5, 0.6) is 0 Å². The number of nitrogens with zero attached hydrogens (tertiary/aromatic N) is 1. The number of H-pyrrole nitrogens is 1. The maximum Gasteiger partial charge on any atom is 0.267 e. The molecule has 0 spiro atoms. The molecule has 6 heteroatoms. The Morgan fingerprint density at radius 1 is 1.17 bits per heavy atom. The fourth-order valence-electron chi connectivity index (χ4n) is 5.22. The van der Waals surface area contributed by atoms with Crippen LogP contribution in [0.15, 0.2) is 83.9 Å². The Morgan fingerprint density at radius 2 is 2.00 bits per heavy atom. The summed E-state index contributed by atoms with van der Waals surface area (Å²) < 4.78 is 0. The molecule has 0 aliphatic heterocycles. The summed E-state index contributed by atoms with van der Waals surface area (Å²) in [6, 6.07) is 24.2. The first kappa shape index (κ1) is 24.4. The van der Waals surface area contributed by atoms with E-state index in [0.717, 1.165) is 37.9 Å². The molecule has 4 aromatic rings. The van der Waals surface area contributed by atoms with Gasteiger partial charge >= 0.3 is 0 Å². The lowest BCUT2D eigenvalue weighted by atomic mass is 10.0. The van der Waals surface area contributed by atoms with Crippen LogP contribution in [0.1, 0.15) is 40.3 Å². The summed E-state index contributed by atoms with van der Waals surface area (Å²) in [5.74, 6) is -0.524. The number of amides is 1. The summed E-state index contributed by atoms with van der Waals surface area (Å²) in [4.78, 5) is 18.7. The zero-order chi connectivity index (χ0) is 24.9. The Morgan fingerprint density at radius 3 is 2.81 bits per heavy atom. The van der Waals surface area contributed by atoms with Gasteiger partial charge in [-0.3, -0.25) is 14.9 Å². The molecule has 1 heterocycles. The average Bonchev–Trinajstić information content (AvgIpc) is 3.54. The number of hydrogen-bond donors (Lipinski definition) is 3. The zero-order valence-corrected chi connectivity index (χ0v) is 21.2. The van der Waals surface area contributed by atoms with E-state index in [-0.39, 0.29) is 0 Å². The number of aromatic nitrogens is 1. The molecule has 0 saturated heterocycles. The van der Waals surface area contributed by atoms with Crippen molar-refractivity contribution in [3.8, 4) is 0 Å². The molecule has 5 rings (SSSR count). The van der Waals surface area contributed by atoms with Crippen molar-refractivity contribution in [1.82, 2.24) is 15.4 Å². The van der Waals surface area contributed by atoms with Crippen molar-refractivity contribution in [2.24, 2.45) is 0 Å². The smallest absolute Gasteiger partial charge is 0.267 e. The summed E-state index contributed by atoms with van der Waals surface area (Å²) in [5.41, 5.74) is 9.19. The molecule has 3 N–H and O–H groups in total. The Hall–Kier alpha value is -3.32. The van der Waals surface area contributed by atoms with Crippen molar-refractivity contribution in [3.05, 3.63) is 107 Å². The molecule has 3 aromatic carbocycles. The highest BCUT2D eigenvalue weighted by Gasteiger charge is 2.28. The van der Waals surface area contributed by atoms with Gasteiger partial charge in [0.1, 0.15) is 0 Å². The van der Waals surface area contributed by atoms with Crippen LogP contribution in [0.25, 0.3) is 17.0 Å². The van der Waals surface area contributed by atoms with E-state index in [4.69, 9.17) is 5.21 Å². The Labute approximate surface area is 216 Å². The third-order valence-electron chi connectivity index (χ3n) is 7.08. The largest absolute Gasteiger partial charge is 0.361 e. The van der Waals surface area contributed by atoms with Crippen LogP contribution in [-0.4, -0.2) is 33.8 Å². The van der Waals surface area contributed by atoms with E-state index in [0.29, 0.717) is 6.04 Å². The fraction of sp³-hybridized carbons (Fsp3) is 0.233. The number of rotatable bonds is 9. The first-order valence-electron chi connectivity index (χ1n) is 12.3. The fourth-order valence-corrected chi connectivity index (χ4v) is 5.63. The predicted octanol–water partition coefficient (Wildman–Crippen LogP) is 6.14. The van der Waals surface area contributed by atoms with E-state index in [1.165, 1.54) is 44.1 Å². The lowest BCUT2D eigenvalue weighted by Gasteiger charge is -2.30. The standard InChI is InChI=1S/C30H31N3O2S/c1-36-25-11-6-22(7-12-25)20-33(17-16-24-19-31-28-5-3-2-4-26(24)28)29-14-10-23-18-21(8-13-27(23)29)9-15-30(34)32-35/h2-9,11-13,15,18-19,29,31,35H,10,14,16-17,20H2,1H3,(H,32,34)/b15-9+. The van der Waals surface area contributed by atoms with Gasteiger partial charge in [-0.2, -0.15) is 0 Å². The van der Waals surface area contributed by atoms with Crippen LogP contribution in [0, 0.1) is 0 Å². The summed E-state index contributed by atoms with van der Waals surface area (Å²) in [6.45, 7) is 1.87. The van der Waals surface area contributed by atoms with Crippen molar-refractivity contribution in [1.29, 1.82) is 0 Å². The van der Waals surface area contributed by atoms with Gasteiger partial charge in [0.05, 0.1) is 0 Å². The maximum atomic E-state index is 11.4. The molecule has 0 bridgehead atoms. The van der Waals surface area contributed by atoms with Crippen LogP contribution in [0.2, 0.25) is 0 Å². The zero-order valence-electron chi connectivity index (χ0n) is 20.4. The van der Waals surface area contributed by atoms with Crippen LogP contribution < -0.4 is 5.48 Å². The second kappa shape index (κ2) is 11.2. The maximum absolute atomic E-state index is 11.4. The molecule has 0 fully saturated rings. The number of carbonyl (C=O) groups is 1. The summed E-state index contributed by atoms with van der Waals surface area (Å²) in [7, 11) is 0. The van der Waals surface area contributed by atoms with Gasteiger partial charge in [0.25, 0.3) is 5.91 Å². The molecule has 36 heavy (non-hydrogen) atoms. The minimum absolute atomic E-state index is 0.351. The quantitative estimate of drug-likeness (QED) is 0.112. The van der Waals surface area contributed by atoms with Gasteiger partial charge in [-0.15, -0.1) is 11.8 Å². The number of hydrogen-bond acceptors (Lipinski definition) is 4. The summed E-state index contributed by atoms with van der Waals surface area (Å²) in [6.07, 6.45) is 10.4. The number of hydroxylamine groups is 1. The third-order valence-corrected chi connectivity index (χ3v) is 7.82. The number of aromatic amines is 1. The molecule has 184 valence electrons. The number of fused-ring (bicyclic) bond motifs is 2. The van der Waals surface area contributed by atoms with Gasteiger partial charge < -0.3 is 4.98 Å². The Bertz CT molecular complexity index is 1380. The molecule has 1 aliphatic carbocycles.